The second-order valence-electron chi connectivity index (χ2n) is 9.13. The number of fused-ring (bicyclic) bond motifs is 1. The van der Waals surface area contributed by atoms with Gasteiger partial charge in [0.1, 0.15) is 60.5 Å². The molecule has 1 aliphatic carbocycles. The van der Waals surface area contributed by atoms with E-state index in [1.807, 2.05) is 0 Å². The summed E-state index contributed by atoms with van der Waals surface area (Å²) in [7, 11) is 0. The van der Waals surface area contributed by atoms with Crippen LogP contribution < -0.4 is 0 Å². The average molecular weight is 524 g/mol. The second kappa shape index (κ2) is 10.8. The maximum atomic E-state index is 10.9. The molecule has 3 aliphatic heterocycles. The molecule has 2 saturated heterocycles. The van der Waals surface area contributed by atoms with E-state index in [1.165, 1.54) is 12.2 Å². The van der Waals surface area contributed by atoms with E-state index in [2.05, 4.69) is 0 Å². The van der Waals surface area contributed by atoms with Crippen molar-refractivity contribution in [3.05, 3.63) is 24.0 Å². The van der Waals surface area contributed by atoms with Crippen molar-refractivity contribution < 1.29 is 74.7 Å². The minimum absolute atomic E-state index is 0.158. The van der Waals surface area contributed by atoms with Gasteiger partial charge in [0.25, 0.3) is 0 Å². The van der Waals surface area contributed by atoms with E-state index in [-0.39, 0.29) is 5.57 Å². The molecule has 15 nitrogen and oxygen atoms in total. The lowest BCUT2D eigenvalue weighted by molar-refractivity contribution is -0.362. The minimum Gasteiger partial charge on any atom is -0.472 e. The average Bonchev–Trinajstić information content (AvgIpc) is 3.16. The second-order valence-corrected chi connectivity index (χ2v) is 9.13. The smallest absolute Gasteiger partial charge is 0.211 e. The van der Waals surface area contributed by atoms with Crippen molar-refractivity contribution >= 4 is 0 Å². The van der Waals surface area contributed by atoms with Crippen LogP contribution >= 0.6 is 0 Å². The van der Waals surface area contributed by atoms with Crippen molar-refractivity contribution in [2.75, 3.05) is 19.8 Å². The highest BCUT2D eigenvalue weighted by Gasteiger charge is 2.60. The normalized spacial score (nSPS) is 50.9. The fourth-order valence-corrected chi connectivity index (χ4v) is 4.92. The van der Waals surface area contributed by atoms with Crippen LogP contribution in [0.15, 0.2) is 24.0 Å². The van der Waals surface area contributed by atoms with Crippen LogP contribution in [0.1, 0.15) is 0 Å². The molecule has 10 N–H and O–H groups in total. The molecular formula is C21H32O15. The standard InChI is InChI=1S/C21H32O15/c22-4-7-3-10(25)21(36-20-17(31)15(29)13(27)9(6-24)34-20)1-2-32-18(11(7)21)35-19-16(30)14(28)12(26)8(5-23)33-19/h1-3,8-20,22-31H,4-6H2/t8-,9-,10-,11+,12-,13-,14+,15+,16-,17-,18+,19+,20+,21-/m1/s1. The van der Waals surface area contributed by atoms with Crippen molar-refractivity contribution in [3.63, 3.8) is 0 Å². The van der Waals surface area contributed by atoms with Crippen LogP contribution in [-0.2, 0) is 23.7 Å². The molecule has 36 heavy (non-hydrogen) atoms. The summed E-state index contributed by atoms with van der Waals surface area (Å²) in [4.78, 5) is 0. The van der Waals surface area contributed by atoms with Gasteiger partial charge in [-0.05, 0) is 11.6 Å². The van der Waals surface area contributed by atoms with Gasteiger partial charge in [0, 0.05) is 0 Å². The SMILES string of the molecule is OCC1=C[C@@H](O)[C@]2(O[C@@H]3O[C@H](CO)[C@@H](O)[C@H](O)[C@H]3O)C=CO[C@@H](O[C@@H]3O[C@H](CO)[C@@H](O)[C@H](O)[C@H]3O)[C@H]12. The van der Waals surface area contributed by atoms with E-state index in [0.29, 0.717) is 0 Å². The molecule has 0 aromatic heterocycles. The fraction of sp³-hybridized carbons (Fsp3) is 0.810. The van der Waals surface area contributed by atoms with Gasteiger partial charge in [-0.1, -0.05) is 6.08 Å². The number of aliphatic hydroxyl groups is 10. The molecule has 0 amide bonds. The van der Waals surface area contributed by atoms with Crippen LogP contribution in [0.25, 0.3) is 0 Å². The summed E-state index contributed by atoms with van der Waals surface area (Å²) >= 11 is 0. The van der Waals surface area contributed by atoms with Gasteiger partial charge in [-0.2, -0.15) is 0 Å². The quantitative estimate of drug-likeness (QED) is 0.139. The number of rotatable bonds is 7. The topological polar surface area (TPSA) is 248 Å². The number of aliphatic hydroxyl groups excluding tert-OH is 10. The van der Waals surface area contributed by atoms with Crippen molar-refractivity contribution in [1.29, 1.82) is 0 Å². The molecule has 3 heterocycles. The van der Waals surface area contributed by atoms with Crippen LogP contribution in [-0.4, -0.2) is 150 Å². The summed E-state index contributed by atoms with van der Waals surface area (Å²) in [6, 6.07) is 0. The molecule has 0 saturated carbocycles. The van der Waals surface area contributed by atoms with Gasteiger partial charge in [0.15, 0.2) is 12.6 Å². The minimum atomic E-state index is -1.83. The molecule has 2 fully saturated rings. The molecule has 0 aromatic carbocycles. The van der Waals surface area contributed by atoms with Gasteiger partial charge in [0.05, 0.1) is 32.0 Å². The van der Waals surface area contributed by atoms with Gasteiger partial charge < -0.3 is 74.7 Å². The Bertz CT molecular complexity index is 819. The molecule has 206 valence electrons. The van der Waals surface area contributed by atoms with E-state index in [0.717, 1.165) is 6.26 Å². The van der Waals surface area contributed by atoms with Gasteiger partial charge in [-0.3, -0.25) is 0 Å². The van der Waals surface area contributed by atoms with E-state index in [1.54, 1.807) is 0 Å². The van der Waals surface area contributed by atoms with E-state index in [4.69, 9.17) is 23.7 Å². The van der Waals surface area contributed by atoms with E-state index < -0.39 is 105 Å². The zero-order valence-corrected chi connectivity index (χ0v) is 18.9. The Labute approximate surface area is 204 Å². The molecule has 0 aromatic rings. The lowest BCUT2D eigenvalue weighted by Crippen LogP contribution is -2.64. The van der Waals surface area contributed by atoms with Crippen molar-refractivity contribution in [1.82, 2.24) is 0 Å². The highest BCUT2D eigenvalue weighted by Crippen LogP contribution is 2.47. The third-order valence-corrected chi connectivity index (χ3v) is 7.00. The first-order valence-corrected chi connectivity index (χ1v) is 11.4. The predicted molar refractivity (Wildman–Crippen MR) is 111 cm³/mol. The summed E-state index contributed by atoms with van der Waals surface area (Å²) in [5.41, 5.74) is -1.67. The Morgan fingerprint density at radius 2 is 1.28 bits per heavy atom. The van der Waals surface area contributed by atoms with Gasteiger partial charge in [-0.15, -0.1) is 0 Å². The molecule has 14 atom stereocenters. The first-order valence-electron chi connectivity index (χ1n) is 11.4. The molecule has 4 rings (SSSR count). The Hall–Kier alpha value is -1.28. The molecule has 15 heteroatoms. The predicted octanol–water partition coefficient (Wildman–Crippen LogP) is -5.86. The van der Waals surface area contributed by atoms with Gasteiger partial charge in [-0.25, -0.2) is 0 Å². The third kappa shape index (κ3) is 4.59. The summed E-state index contributed by atoms with van der Waals surface area (Å²) in [6.45, 7) is -2.02. The van der Waals surface area contributed by atoms with Crippen molar-refractivity contribution in [3.8, 4) is 0 Å². The highest BCUT2D eigenvalue weighted by molar-refractivity contribution is 5.34. The van der Waals surface area contributed by atoms with E-state index >= 15 is 0 Å². The third-order valence-electron chi connectivity index (χ3n) is 7.00. The molecular weight excluding hydrogens is 492 g/mol. The maximum absolute atomic E-state index is 10.9. The Kier molecular flexibility index (Phi) is 8.35. The summed E-state index contributed by atoms with van der Waals surface area (Å²) in [5.74, 6) is -1.16. The lowest BCUT2D eigenvalue weighted by atomic mass is 9.82. The number of ether oxygens (including phenoxy) is 5. The van der Waals surface area contributed by atoms with Gasteiger partial charge in [0.2, 0.25) is 6.29 Å². The zero-order chi connectivity index (χ0) is 26.4. The van der Waals surface area contributed by atoms with Crippen LogP contribution in [0, 0.1) is 5.92 Å². The van der Waals surface area contributed by atoms with Crippen LogP contribution in [0.4, 0.5) is 0 Å². The van der Waals surface area contributed by atoms with Gasteiger partial charge >= 0.3 is 0 Å². The van der Waals surface area contributed by atoms with Crippen LogP contribution in [0.3, 0.4) is 0 Å². The molecule has 0 bridgehead atoms. The van der Waals surface area contributed by atoms with Crippen molar-refractivity contribution in [2.45, 2.75) is 79.4 Å². The fourth-order valence-electron chi connectivity index (χ4n) is 4.92. The Morgan fingerprint density at radius 1 is 0.722 bits per heavy atom. The molecule has 0 unspecified atom stereocenters. The number of hydrogen-bond donors (Lipinski definition) is 10. The van der Waals surface area contributed by atoms with Crippen molar-refractivity contribution in [2.24, 2.45) is 5.92 Å². The Morgan fingerprint density at radius 3 is 1.83 bits per heavy atom. The first kappa shape index (κ1) is 27.7. The Balaban J connectivity index is 1.60. The summed E-state index contributed by atoms with van der Waals surface area (Å²) in [5, 5.41) is 101. The molecule has 0 radical (unpaired) electrons. The molecule has 4 aliphatic rings. The van der Waals surface area contributed by atoms with Crippen LogP contribution in [0.5, 0.6) is 0 Å². The molecule has 0 spiro atoms. The number of hydrogen-bond acceptors (Lipinski definition) is 15. The first-order chi connectivity index (χ1) is 17.1. The van der Waals surface area contributed by atoms with Crippen LogP contribution in [0.2, 0.25) is 0 Å². The van der Waals surface area contributed by atoms with E-state index in [9.17, 15) is 51.1 Å². The highest BCUT2D eigenvalue weighted by atomic mass is 16.8. The monoisotopic (exact) mass is 524 g/mol. The zero-order valence-electron chi connectivity index (χ0n) is 18.9. The summed E-state index contributed by atoms with van der Waals surface area (Å²) in [6.07, 6.45) is -15.6. The largest absolute Gasteiger partial charge is 0.472 e. The lowest BCUT2D eigenvalue weighted by Gasteiger charge is -2.48. The summed E-state index contributed by atoms with van der Waals surface area (Å²) < 4.78 is 27.9. The maximum Gasteiger partial charge on any atom is 0.211 e.